The summed E-state index contributed by atoms with van der Waals surface area (Å²) in [5, 5.41) is 2.92. The molecule has 1 saturated carbocycles. The van der Waals surface area contributed by atoms with Gasteiger partial charge in [0.1, 0.15) is 5.54 Å². The fourth-order valence-corrected chi connectivity index (χ4v) is 5.29. The fraction of sp³-hybridized carbons (Fsp3) is 0.565. The van der Waals surface area contributed by atoms with Crippen LogP contribution in [0.3, 0.4) is 0 Å². The highest BCUT2D eigenvalue weighted by molar-refractivity contribution is 6.10. The Bertz CT molecular complexity index is 1060. The summed E-state index contributed by atoms with van der Waals surface area (Å²) < 4.78 is 2.06. The van der Waals surface area contributed by atoms with Crippen molar-refractivity contribution in [1.82, 2.24) is 19.8 Å². The molecule has 3 aliphatic rings. The van der Waals surface area contributed by atoms with Gasteiger partial charge in [0.25, 0.3) is 0 Å². The van der Waals surface area contributed by atoms with Crippen molar-refractivity contribution in [2.75, 3.05) is 24.5 Å². The Kier molecular flexibility index (Phi) is 4.75. The molecule has 1 aliphatic carbocycles. The average molecular weight is 424 g/mol. The minimum Gasteiger partial charge on any atom is -0.364 e. The van der Waals surface area contributed by atoms with Gasteiger partial charge in [-0.2, -0.15) is 0 Å². The predicted molar refractivity (Wildman–Crippen MR) is 117 cm³/mol. The van der Waals surface area contributed by atoms with Gasteiger partial charge in [-0.3, -0.25) is 19.4 Å². The monoisotopic (exact) mass is 423 g/mol. The molecule has 1 unspecified atom stereocenters. The maximum Gasteiger partial charge on any atom is 0.228 e. The van der Waals surface area contributed by atoms with Crippen molar-refractivity contribution in [2.24, 2.45) is 13.0 Å². The zero-order valence-electron chi connectivity index (χ0n) is 18.1. The number of pyridine rings is 1. The SMILES string of the molecule is C[C@H]1CN(C(=O)CCC2(C3CC3)NC(=O)CC2=O)CCN1c1cnc2ccn(C)c2c1. The van der Waals surface area contributed by atoms with E-state index in [1.54, 1.807) is 0 Å². The molecule has 164 valence electrons. The zero-order valence-corrected chi connectivity index (χ0v) is 18.1. The number of rotatable bonds is 5. The smallest absolute Gasteiger partial charge is 0.228 e. The molecule has 2 amide bonds. The summed E-state index contributed by atoms with van der Waals surface area (Å²) >= 11 is 0. The van der Waals surface area contributed by atoms with Gasteiger partial charge >= 0.3 is 0 Å². The normalized spacial score (nSPS) is 26.6. The zero-order chi connectivity index (χ0) is 21.8. The fourth-order valence-electron chi connectivity index (χ4n) is 5.29. The van der Waals surface area contributed by atoms with Gasteiger partial charge in [-0.15, -0.1) is 0 Å². The van der Waals surface area contributed by atoms with Crippen LogP contribution in [0.15, 0.2) is 24.5 Å². The molecule has 2 atom stereocenters. The van der Waals surface area contributed by atoms with E-state index < -0.39 is 5.54 Å². The molecule has 4 heterocycles. The first-order valence-electron chi connectivity index (χ1n) is 11.2. The van der Waals surface area contributed by atoms with Crippen LogP contribution in [0.4, 0.5) is 5.69 Å². The largest absolute Gasteiger partial charge is 0.364 e. The van der Waals surface area contributed by atoms with E-state index in [2.05, 4.69) is 32.8 Å². The van der Waals surface area contributed by atoms with Crippen LogP contribution in [0, 0.1) is 5.92 Å². The number of aromatic nitrogens is 2. The number of nitrogens with zero attached hydrogens (tertiary/aromatic N) is 4. The molecule has 8 heteroatoms. The molecule has 2 saturated heterocycles. The summed E-state index contributed by atoms with van der Waals surface area (Å²) in [4.78, 5) is 46.1. The summed E-state index contributed by atoms with van der Waals surface area (Å²) in [6.07, 6.45) is 6.50. The standard InChI is InChI=1S/C23H29N5O3/c1-15-14-27(9-10-28(15)17-11-19-18(24-13-17)6-8-26(19)2)22(31)5-7-23(16-3-4-16)20(29)12-21(30)25-23/h6,8,11,13,15-16H,3-5,7,9-10,12,14H2,1-2H3,(H,25,30)/t15-,23?/m0/s1. The van der Waals surface area contributed by atoms with Crippen molar-refractivity contribution in [3.63, 3.8) is 0 Å². The summed E-state index contributed by atoms with van der Waals surface area (Å²) in [7, 11) is 2.01. The van der Waals surface area contributed by atoms with Crippen LogP contribution < -0.4 is 10.2 Å². The van der Waals surface area contributed by atoms with Gasteiger partial charge in [0.15, 0.2) is 5.78 Å². The number of fused-ring (bicyclic) bond motifs is 1. The summed E-state index contributed by atoms with van der Waals surface area (Å²) in [6, 6.07) is 4.33. The van der Waals surface area contributed by atoms with Crippen LogP contribution >= 0.6 is 0 Å². The minimum atomic E-state index is -0.795. The van der Waals surface area contributed by atoms with E-state index in [-0.39, 0.29) is 36.0 Å². The third kappa shape index (κ3) is 3.47. The van der Waals surface area contributed by atoms with Crippen molar-refractivity contribution in [3.8, 4) is 0 Å². The molecule has 3 fully saturated rings. The highest BCUT2D eigenvalue weighted by atomic mass is 16.2. The topological polar surface area (TPSA) is 87.5 Å². The van der Waals surface area contributed by atoms with E-state index in [0.717, 1.165) is 36.1 Å². The molecule has 31 heavy (non-hydrogen) atoms. The van der Waals surface area contributed by atoms with Crippen LogP contribution in [-0.2, 0) is 21.4 Å². The van der Waals surface area contributed by atoms with E-state index in [9.17, 15) is 14.4 Å². The lowest BCUT2D eigenvalue weighted by molar-refractivity contribution is -0.133. The molecule has 0 aromatic carbocycles. The van der Waals surface area contributed by atoms with Gasteiger partial charge in [0, 0.05) is 45.3 Å². The van der Waals surface area contributed by atoms with Gasteiger partial charge in [0.05, 0.1) is 29.3 Å². The number of anilines is 1. The van der Waals surface area contributed by atoms with E-state index in [1.807, 2.05) is 30.4 Å². The second kappa shape index (κ2) is 7.35. The minimum absolute atomic E-state index is 0.0328. The van der Waals surface area contributed by atoms with Crippen LogP contribution in [-0.4, -0.2) is 63.3 Å². The van der Waals surface area contributed by atoms with Crippen molar-refractivity contribution in [1.29, 1.82) is 0 Å². The predicted octanol–water partition coefficient (Wildman–Crippen LogP) is 1.63. The van der Waals surface area contributed by atoms with Gasteiger partial charge in [-0.05, 0) is 44.2 Å². The Morgan fingerprint density at radius 3 is 2.77 bits per heavy atom. The van der Waals surface area contributed by atoms with Crippen molar-refractivity contribution in [2.45, 2.75) is 50.6 Å². The number of nitrogens with one attached hydrogen (secondary N) is 1. The lowest BCUT2D eigenvalue weighted by Gasteiger charge is -2.41. The van der Waals surface area contributed by atoms with Crippen LogP contribution in [0.5, 0.6) is 0 Å². The quantitative estimate of drug-likeness (QED) is 0.739. The first kappa shape index (κ1) is 20.0. The molecule has 2 aromatic heterocycles. The number of aryl methyl sites for hydroxylation is 1. The third-order valence-electron chi connectivity index (χ3n) is 7.22. The number of amides is 2. The summed E-state index contributed by atoms with van der Waals surface area (Å²) in [6.45, 7) is 4.15. The molecule has 2 aromatic rings. The Hall–Kier alpha value is -2.90. The number of carbonyl (C=O) groups excluding carboxylic acids is 3. The number of piperazine rings is 1. The lowest BCUT2D eigenvalue weighted by atomic mass is 9.85. The van der Waals surface area contributed by atoms with Gasteiger partial charge in [0.2, 0.25) is 11.8 Å². The van der Waals surface area contributed by atoms with E-state index >= 15 is 0 Å². The highest BCUT2D eigenvalue weighted by Crippen LogP contribution is 2.45. The van der Waals surface area contributed by atoms with Crippen LogP contribution in [0.1, 0.15) is 39.0 Å². The second-order valence-corrected chi connectivity index (χ2v) is 9.30. The third-order valence-corrected chi connectivity index (χ3v) is 7.22. The number of hydrogen-bond donors (Lipinski definition) is 1. The van der Waals surface area contributed by atoms with Crippen LogP contribution in [0.25, 0.3) is 11.0 Å². The average Bonchev–Trinajstić information content (AvgIpc) is 3.48. The molecule has 1 N–H and O–H groups in total. The Morgan fingerprint density at radius 2 is 2.10 bits per heavy atom. The van der Waals surface area contributed by atoms with E-state index in [0.29, 0.717) is 25.9 Å². The molecule has 2 aliphatic heterocycles. The number of carbonyl (C=O) groups is 3. The lowest BCUT2D eigenvalue weighted by Crippen LogP contribution is -2.54. The van der Waals surface area contributed by atoms with Gasteiger partial charge < -0.3 is 19.7 Å². The molecule has 0 spiro atoms. The van der Waals surface area contributed by atoms with E-state index in [4.69, 9.17) is 0 Å². The molecule has 5 rings (SSSR count). The van der Waals surface area contributed by atoms with Gasteiger partial charge in [-0.1, -0.05) is 0 Å². The van der Waals surface area contributed by atoms with E-state index in [1.165, 1.54) is 0 Å². The first-order valence-corrected chi connectivity index (χ1v) is 11.2. The Morgan fingerprint density at radius 1 is 1.29 bits per heavy atom. The summed E-state index contributed by atoms with van der Waals surface area (Å²) in [5.41, 5.74) is 2.35. The molecule has 8 nitrogen and oxygen atoms in total. The number of ketones is 1. The van der Waals surface area contributed by atoms with Crippen molar-refractivity contribution < 1.29 is 14.4 Å². The van der Waals surface area contributed by atoms with Crippen molar-refractivity contribution >= 4 is 34.3 Å². The Labute approximate surface area is 181 Å². The number of Topliss-reactive ketones (excluding diaryl/α,β-unsaturated/α-hetero) is 1. The van der Waals surface area contributed by atoms with Crippen molar-refractivity contribution in [3.05, 3.63) is 24.5 Å². The maximum absolute atomic E-state index is 13.0. The highest BCUT2D eigenvalue weighted by Gasteiger charge is 2.55. The maximum atomic E-state index is 13.0. The second-order valence-electron chi connectivity index (χ2n) is 9.30. The van der Waals surface area contributed by atoms with Gasteiger partial charge in [-0.25, -0.2) is 0 Å². The molecule has 0 bridgehead atoms. The number of hydrogen-bond acceptors (Lipinski definition) is 5. The molecular weight excluding hydrogens is 394 g/mol. The van der Waals surface area contributed by atoms with Crippen LogP contribution in [0.2, 0.25) is 0 Å². The molecule has 0 radical (unpaired) electrons. The first-order chi connectivity index (χ1) is 14.9. The summed E-state index contributed by atoms with van der Waals surface area (Å²) in [5.74, 6) is 0.0383. The molecular formula is C23H29N5O3. The Balaban J connectivity index is 1.23.